The summed E-state index contributed by atoms with van der Waals surface area (Å²) < 4.78 is 2.38. The standard InChI is InChI=1S/C24H17N.C2H3N/c1-2-10-18(11-3-1)19-12-4-7-15-22(19)25-23-16-8-5-13-20(23)21-14-6-9-17-24(21)25;1-2-3/h1-17H;1H3. The van der Waals surface area contributed by atoms with Crippen molar-refractivity contribution in [2.45, 2.75) is 6.92 Å². The van der Waals surface area contributed by atoms with Crippen molar-refractivity contribution in [2.75, 3.05) is 0 Å². The predicted molar refractivity (Wildman–Crippen MR) is 118 cm³/mol. The molecule has 0 saturated heterocycles. The van der Waals surface area contributed by atoms with Crippen LogP contribution < -0.4 is 0 Å². The second kappa shape index (κ2) is 7.82. The van der Waals surface area contributed by atoms with Crippen LogP contribution in [0.3, 0.4) is 0 Å². The molecule has 0 N–H and O–H groups in total. The van der Waals surface area contributed by atoms with Crippen LogP contribution in [0.4, 0.5) is 0 Å². The summed E-state index contributed by atoms with van der Waals surface area (Å²) in [4.78, 5) is 0. The lowest BCUT2D eigenvalue weighted by Crippen LogP contribution is -1.96. The molecule has 2 heteroatoms. The fourth-order valence-corrected chi connectivity index (χ4v) is 3.71. The highest BCUT2D eigenvalue weighted by atomic mass is 15.0. The molecule has 0 unspecified atom stereocenters. The molecule has 0 atom stereocenters. The number of nitrogens with zero attached hydrogens (tertiary/aromatic N) is 2. The molecule has 5 rings (SSSR count). The van der Waals surface area contributed by atoms with Gasteiger partial charge in [-0.3, -0.25) is 0 Å². The molecule has 4 aromatic carbocycles. The number of aromatic nitrogens is 1. The van der Waals surface area contributed by atoms with Crippen LogP contribution in [0.5, 0.6) is 0 Å². The first-order chi connectivity index (χ1) is 13.8. The topological polar surface area (TPSA) is 28.7 Å². The van der Waals surface area contributed by atoms with Gasteiger partial charge in [-0.2, -0.15) is 5.26 Å². The van der Waals surface area contributed by atoms with Crippen LogP contribution in [0.25, 0.3) is 38.6 Å². The fourth-order valence-electron chi connectivity index (χ4n) is 3.71. The van der Waals surface area contributed by atoms with E-state index in [0.29, 0.717) is 0 Å². The minimum Gasteiger partial charge on any atom is -0.309 e. The van der Waals surface area contributed by atoms with Crippen molar-refractivity contribution >= 4 is 21.8 Å². The summed E-state index contributed by atoms with van der Waals surface area (Å²) in [5, 5.41) is 9.90. The van der Waals surface area contributed by atoms with Crippen molar-refractivity contribution in [3.05, 3.63) is 103 Å². The fraction of sp³-hybridized carbons (Fsp3) is 0.0385. The lowest BCUT2D eigenvalue weighted by Gasteiger charge is -2.13. The molecule has 0 aliphatic carbocycles. The molecule has 1 heterocycles. The van der Waals surface area contributed by atoms with Crippen molar-refractivity contribution < 1.29 is 0 Å². The van der Waals surface area contributed by atoms with Crippen LogP contribution in [0.1, 0.15) is 6.92 Å². The van der Waals surface area contributed by atoms with Gasteiger partial charge in [-0.25, -0.2) is 0 Å². The van der Waals surface area contributed by atoms with Crippen LogP contribution in [0.15, 0.2) is 103 Å². The molecular formula is C26H20N2. The zero-order chi connectivity index (χ0) is 19.3. The summed E-state index contributed by atoms with van der Waals surface area (Å²) >= 11 is 0. The zero-order valence-corrected chi connectivity index (χ0v) is 15.7. The summed E-state index contributed by atoms with van der Waals surface area (Å²) in [7, 11) is 0. The van der Waals surface area contributed by atoms with Gasteiger partial charge in [0.15, 0.2) is 0 Å². The maximum atomic E-state index is 7.32. The van der Waals surface area contributed by atoms with Gasteiger partial charge >= 0.3 is 0 Å². The third-order valence-electron chi connectivity index (χ3n) is 4.81. The smallest absolute Gasteiger partial charge is 0.0587 e. The van der Waals surface area contributed by atoms with E-state index in [9.17, 15) is 0 Å². The number of rotatable bonds is 2. The molecule has 0 aliphatic heterocycles. The molecular weight excluding hydrogens is 340 g/mol. The Morgan fingerprint density at radius 1 is 0.607 bits per heavy atom. The van der Waals surface area contributed by atoms with Gasteiger partial charge in [0.05, 0.1) is 22.8 Å². The first-order valence-electron chi connectivity index (χ1n) is 9.29. The Kier molecular flexibility index (Phi) is 4.91. The predicted octanol–water partition coefficient (Wildman–Crippen LogP) is 6.98. The summed E-state index contributed by atoms with van der Waals surface area (Å²) in [6.07, 6.45) is 0. The molecule has 0 amide bonds. The Hall–Kier alpha value is -3.83. The Balaban J connectivity index is 0.000000604. The highest BCUT2D eigenvalue weighted by Crippen LogP contribution is 2.35. The van der Waals surface area contributed by atoms with Crippen molar-refractivity contribution in [3.63, 3.8) is 0 Å². The largest absolute Gasteiger partial charge is 0.309 e. The summed E-state index contributed by atoms with van der Waals surface area (Å²) in [5.41, 5.74) is 6.18. The molecule has 134 valence electrons. The van der Waals surface area contributed by atoms with Gasteiger partial charge in [0.2, 0.25) is 0 Å². The van der Waals surface area contributed by atoms with Crippen molar-refractivity contribution in [3.8, 4) is 22.9 Å². The van der Waals surface area contributed by atoms with E-state index >= 15 is 0 Å². The van der Waals surface area contributed by atoms with Gasteiger partial charge in [0.25, 0.3) is 0 Å². The van der Waals surface area contributed by atoms with Crippen LogP contribution in [-0.2, 0) is 0 Å². The minimum absolute atomic E-state index is 1.21. The molecule has 0 saturated carbocycles. The second-order valence-electron chi connectivity index (χ2n) is 6.48. The maximum Gasteiger partial charge on any atom is 0.0587 e. The second-order valence-corrected chi connectivity index (χ2v) is 6.48. The van der Waals surface area contributed by atoms with Crippen LogP contribution >= 0.6 is 0 Å². The number of para-hydroxylation sites is 3. The van der Waals surface area contributed by atoms with Gasteiger partial charge in [-0.1, -0.05) is 84.9 Å². The normalized spacial score (nSPS) is 10.3. The van der Waals surface area contributed by atoms with E-state index in [0.717, 1.165) is 0 Å². The first-order valence-corrected chi connectivity index (χ1v) is 9.29. The lowest BCUT2D eigenvalue weighted by molar-refractivity contribution is 1.18. The molecule has 2 nitrogen and oxygen atoms in total. The highest BCUT2D eigenvalue weighted by Gasteiger charge is 2.14. The highest BCUT2D eigenvalue weighted by molar-refractivity contribution is 6.09. The van der Waals surface area contributed by atoms with Crippen LogP contribution in [0, 0.1) is 11.3 Å². The SMILES string of the molecule is CC#N.c1ccc(-c2ccccc2-n2c3ccccc3c3ccccc32)cc1. The Morgan fingerprint density at radius 2 is 1.07 bits per heavy atom. The lowest BCUT2D eigenvalue weighted by atomic mass is 10.0. The van der Waals surface area contributed by atoms with E-state index in [-0.39, 0.29) is 0 Å². The average Bonchev–Trinajstić information content (AvgIpc) is 3.09. The number of hydrogen-bond donors (Lipinski definition) is 0. The van der Waals surface area contributed by atoms with Crippen LogP contribution in [0.2, 0.25) is 0 Å². The molecule has 0 spiro atoms. The van der Waals surface area contributed by atoms with Gasteiger partial charge < -0.3 is 4.57 Å². The quantitative estimate of drug-likeness (QED) is 0.334. The Bertz CT molecular complexity index is 1220. The van der Waals surface area contributed by atoms with E-state index in [1.165, 1.54) is 45.5 Å². The Labute approximate surface area is 164 Å². The van der Waals surface area contributed by atoms with Gasteiger partial charge in [-0.15, -0.1) is 0 Å². The molecule has 0 radical (unpaired) electrons. The molecule has 0 aliphatic rings. The molecule has 5 aromatic rings. The number of nitriles is 1. The third kappa shape index (κ3) is 3.04. The number of benzene rings is 4. The van der Waals surface area contributed by atoms with E-state index in [4.69, 9.17) is 5.26 Å². The summed E-state index contributed by atoms with van der Waals surface area (Å²) in [6.45, 7) is 1.43. The molecule has 0 bridgehead atoms. The average molecular weight is 360 g/mol. The third-order valence-corrected chi connectivity index (χ3v) is 4.81. The molecule has 0 fully saturated rings. The van der Waals surface area contributed by atoms with Crippen molar-refractivity contribution in [1.29, 1.82) is 5.26 Å². The van der Waals surface area contributed by atoms with E-state index in [1.807, 2.05) is 0 Å². The summed E-state index contributed by atoms with van der Waals surface area (Å²) in [5.74, 6) is 0. The molecule has 28 heavy (non-hydrogen) atoms. The van der Waals surface area contributed by atoms with Crippen molar-refractivity contribution in [1.82, 2.24) is 4.57 Å². The number of fused-ring (bicyclic) bond motifs is 3. The minimum atomic E-state index is 1.21. The maximum absolute atomic E-state index is 7.32. The van der Waals surface area contributed by atoms with Gasteiger partial charge in [-0.05, 0) is 23.8 Å². The zero-order valence-electron chi connectivity index (χ0n) is 15.7. The number of hydrogen-bond acceptors (Lipinski definition) is 1. The van der Waals surface area contributed by atoms with Gasteiger partial charge in [0.1, 0.15) is 0 Å². The Morgan fingerprint density at radius 3 is 1.68 bits per heavy atom. The van der Waals surface area contributed by atoms with Crippen LogP contribution in [-0.4, -0.2) is 4.57 Å². The first kappa shape index (κ1) is 17.6. The monoisotopic (exact) mass is 360 g/mol. The van der Waals surface area contributed by atoms with Crippen molar-refractivity contribution in [2.24, 2.45) is 0 Å². The summed E-state index contributed by atoms with van der Waals surface area (Å²) in [6, 6.07) is 38.3. The van der Waals surface area contributed by atoms with E-state index in [1.54, 1.807) is 6.07 Å². The molecule has 1 aromatic heterocycles. The van der Waals surface area contributed by atoms with E-state index in [2.05, 4.69) is 108 Å². The van der Waals surface area contributed by atoms with E-state index < -0.39 is 0 Å². The van der Waals surface area contributed by atoms with Gasteiger partial charge in [0, 0.05) is 23.3 Å².